The maximum absolute atomic E-state index is 14.9. The molecule has 0 N–H and O–H groups in total. The molecule has 2 aliphatic heterocycles. The van der Waals surface area contributed by atoms with Crippen molar-refractivity contribution < 1.29 is 27.8 Å². The Hall–Kier alpha value is -4.75. The summed E-state index contributed by atoms with van der Waals surface area (Å²) in [5.41, 5.74) is 2.03. The van der Waals surface area contributed by atoms with Gasteiger partial charge in [0, 0.05) is 75.0 Å². The molecule has 2 amide bonds. The lowest BCUT2D eigenvalue weighted by atomic mass is 9.94. The first-order valence-corrected chi connectivity index (χ1v) is 16.0. The van der Waals surface area contributed by atoms with Gasteiger partial charge in [-0.3, -0.25) is 4.90 Å². The van der Waals surface area contributed by atoms with Gasteiger partial charge in [0.1, 0.15) is 42.2 Å². The Morgan fingerprint density at radius 1 is 0.979 bits per heavy atom. The van der Waals surface area contributed by atoms with Crippen LogP contribution in [0.2, 0.25) is 0 Å². The molecule has 0 aliphatic carbocycles. The summed E-state index contributed by atoms with van der Waals surface area (Å²) in [5.74, 6) is -0.745. The second kappa shape index (κ2) is 14.2. The van der Waals surface area contributed by atoms with Gasteiger partial charge in [-0.1, -0.05) is 6.07 Å². The Morgan fingerprint density at radius 2 is 1.62 bits per heavy atom. The first-order valence-electron chi connectivity index (χ1n) is 16.0. The molecular formula is C35H41F2N7O4. The highest BCUT2D eigenvalue weighted by Crippen LogP contribution is 2.37. The number of urea groups is 1. The largest absolute Gasteiger partial charge is 0.488 e. The molecule has 2 aliphatic rings. The maximum atomic E-state index is 14.9. The van der Waals surface area contributed by atoms with Gasteiger partial charge >= 0.3 is 6.03 Å². The first kappa shape index (κ1) is 33.2. The molecule has 2 fully saturated rings. The second-order valence-corrected chi connectivity index (χ2v) is 12.4. The molecule has 2 atom stereocenters. The zero-order valence-electron chi connectivity index (χ0n) is 27.6. The second-order valence-electron chi connectivity index (χ2n) is 12.4. The van der Waals surface area contributed by atoms with E-state index in [1.54, 1.807) is 16.8 Å². The van der Waals surface area contributed by atoms with E-state index < -0.39 is 23.5 Å². The van der Waals surface area contributed by atoms with Crippen LogP contribution in [0.4, 0.5) is 30.6 Å². The molecule has 4 aromatic rings. The fourth-order valence-corrected chi connectivity index (χ4v) is 5.97. The molecule has 3 heterocycles. The number of nitrogens with zero attached hydrogens (tertiary/aromatic N) is 7. The topological polar surface area (TPSA) is 88.4 Å². The summed E-state index contributed by atoms with van der Waals surface area (Å²) in [4.78, 5) is 24.7. The predicted octanol–water partition coefficient (Wildman–Crippen LogP) is 5.13. The first-order chi connectivity index (χ1) is 23.1. The summed E-state index contributed by atoms with van der Waals surface area (Å²) in [6.45, 7) is 7.68. The van der Waals surface area contributed by atoms with Gasteiger partial charge in [-0.05, 0) is 68.4 Å². The minimum absolute atomic E-state index is 0.0329. The van der Waals surface area contributed by atoms with E-state index in [1.807, 2.05) is 57.3 Å². The maximum Gasteiger partial charge on any atom is 0.324 e. The number of carbonyl (C=O) groups excluding carboxylic acids is 1. The Labute approximate surface area is 279 Å². The highest BCUT2D eigenvalue weighted by Gasteiger charge is 2.45. The van der Waals surface area contributed by atoms with Crippen LogP contribution in [0, 0.1) is 11.6 Å². The van der Waals surface area contributed by atoms with E-state index in [9.17, 15) is 13.6 Å². The standard InChI is InChI=1S/C35H41F2N7O4/c1-25(2)40(3)34(45)41(4)27-6-8-28(9-7-27)42-15-17-43(18-16-42)29-10-12-30(13-11-29)46-20-33-47-22-35(48-33,21-44-24-38-23-39-44)31-14-5-26(36)19-32(31)37/h5-14,19,23-25,33H,15-18,20-22H2,1-4H3. The van der Waals surface area contributed by atoms with Crippen molar-refractivity contribution in [1.82, 2.24) is 19.7 Å². The van der Waals surface area contributed by atoms with Crippen molar-refractivity contribution in [1.29, 1.82) is 0 Å². The number of rotatable bonds is 10. The van der Waals surface area contributed by atoms with Gasteiger partial charge in [-0.25, -0.2) is 23.2 Å². The fourth-order valence-electron chi connectivity index (χ4n) is 5.97. The Kier molecular flexibility index (Phi) is 9.78. The Morgan fingerprint density at radius 3 is 2.21 bits per heavy atom. The molecule has 3 aromatic carbocycles. The van der Waals surface area contributed by atoms with Crippen LogP contribution in [0.3, 0.4) is 0 Å². The number of hydrogen-bond donors (Lipinski definition) is 0. The van der Waals surface area contributed by atoms with E-state index in [-0.39, 0.29) is 37.4 Å². The molecule has 6 rings (SSSR count). The number of anilines is 3. The van der Waals surface area contributed by atoms with E-state index in [2.05, 4.69) is 32.0 Å². The molecule has 2 unspecified atom stereocenters. The number of halogens is 2. The van der Waals surface area contributed by atoms with Gasteiger partial charge in [0.15, 0.2) is 6.29 Å². The fraction of sp³-hybridized carbons (Fsp3) is 0.400. The summed E-state index contributed by atoms with van der Waals surface area (Å²) in [5, 5.41) is 4.13. The highest BCUT2D eigenvalue weighted by molar-refractivity contribution is 5.91. The minimum Gasteiger partial charge on any atom is -0.488 e. The number of hydrogen-bond acceptors (Lipinski definition) is 8. The van der Waals surface area contributed by atoms with Crippen molar-refractivity contribution in [2.24, 2.45) is 0 Å². The molecule has 1 aromatic heterocycles. The third kappa shape index (κ3) is 7.21. The van der Waals surface area contributed by atoms with E-state index in [1.165, 1.54) is 29.5 Å². The van der Waals surface area contributed by atoms with Gasteiger partial charge in [0.05, 0.1) is 13.2 Å². The van der Waals surface area contributed by atoms with Crippen LogP contribution < -0.4 is 19.4 Å². The molecular weight excluding hydrogens is 620 g/mol. The summed E-state index contributed by atoms with van der Waals surface area (Å²) in [7, 11) is 3.61. The van der Waals surface area contributed by atoms with Crippen molar-refractivity contribution in [2.45, 2.75) is 38.3 Å². The van der Waals surface area contributed by atoms with Crippen molar-refractivity contribution in [3.8, 4) is 5.75 Å². The monoisotopic (exact) mass is 661 g/mol. The van der Waals surface area contributed by atoms with Gasteiger partial charge in [-0.2, -0.15) is 5.10 Å². The van der Waals surface area contributed by atoms with E-state index in [0.717, 1.165) is 49.3 Å². The normalized spacial score (nSPS) is 19.5. The number of ether oxygens (including phenoxy) is 3. The van der Waals surface area contributed by atoms with E-state index in [4.69, 9.17) is 14.2 Å². The number of aromatic nitrogens is 3. The molecule has 11 nitrogen and oxygen atoms in total. The minimum atomic E-state index is -1.23. The molecule has 13 heteroatoms. The van der Waals surface area contributed by atoms with Crippen LogP contribution in [-0.4, -0.2) is 91.5 Å². The van der Waals surface area contributed by atoms with Gasteiger partial charge in [0.2, 0.25) is 0 Å². The van der Waals surface area contributed by atoms with Crippen LogP contribution in [0.5, 0.6) is 5.75 Å². The number of piperazine rings is 1. The van der Waals surface area contributed by atoms with Gasteiger partial charge < -0.3 is 28.9 Å². The molecule has 2 saturated heterocycles. The average molecular weight is 662 g/mol. The number of carbonyl (C=O) groups is 1. The van der Waals surface area contributed by atoms with E-state index >= 15 is 0 Å². The van der Waals surface area contributed by atoms with Crippen LogP contribution >= 0.6 is 0 Å². The molecule has 0 radical (unpaired) electrons. The predicted molar refractivity (Wildman–Crippen MR) is 178 cm³/mol. The lowest BCUT2D eigenvalue weighted by Gasteiger charge is -2.37. The lowest BCUT2D eigenvalue weighted by Crippen LogP contribution is -2.46. The van der Waals surface area contributed by atoms with Crippen molar-refractivity contribution in [2.75, 3.05) is 68.2 Å². The van der Waals surface area contributed by atoms with Crippen LogP contribution in [0.15, 0.2) is 79.4 Å². The lowest BCUT2D eigenvalue weighted by molar-refractivity contribution is -0.117. The SMILES string of the molecule is CC(C)N(C)C(=O)N(C)c1ccc(N2CCN(c3ccc(OCC4OCC(Cn5cncn5)(c5ccc(F)cc5F)O4)cc3)CC2)cc1. The zero-order valence-corrected chi connectivity index (χ0v) is 27.6. The molecule has 0 saturated carbocycles. The smallest absolute Gasteiger partial charge is 0.324 e. The number of amides is 2. The number of benzene rings is 3. The quantitative estimate of drug-likeness (QED) is 0.231. The zero-order chi connectivity index (χ0) is 33.8. The van der Waals surface area contributed by atoms with Crippen LogP contribution in [-0.2, 0) is 21.6 Å². The Balaban J connectivity index is 1.01. The molecule has 254 valence electrons. The summed E-state index contributed by atoms with van der Waals surface area (Å²) < 4.78 is 48.2. The van der Waals surface area contributed by atoms with Gasteiger partial charge in [0.25, 0.3) is 0 Å². The van der Waals surface area contributed by atoms with Crippen molar-refractivity contribution in [3.05, 3.63) is 96.6 Å². The van der Waals surface area contributed by atoms with Crippen molar-refractivity contribution in [3.63, 3.8) is 0 Å². The molecule has 48 heavy (non-hydrogen) atoms. The molecule has 0 spiro atoms. The highest BCUT2D eigenvalue weighted by atomic mass is 19.1. The average Bonchev–Trinajstić information content (AvgIpc) is 3.77. The van der Waals surface area contributed by atoms with Gasteiger partial charge in [-0.15, -0.1) is 0 Å². The molecule has 0 bridgehead atoms. The van der Waals surface area contributed by atoms with Crippen LogP contribution in [0.1, 0.15) is 19.4 Å². The summed E-state index contributed by atoms with van der Waals surface area (Å²) >= 11 is 0. The summed E-state index contributed by atoms with van der Waals surface area (Å²) in [6.07, 6.45) is 2.11. The Bertz CT molecular complexity index is 1670. The third-order valence-corrected chi connectivity index (χ3v) is 9.00. The van der Waals surface area contributed by atoms with Crippen LogP contribution in [0.25, 0.3) is 0 Å². The summed E-state index contributed by atoms with van der Waals surface area (Å²) in [6, 6.07) is 19.5. The van der Waals surface area contributed by atoms with Crippen molar-refractivity contribution >= 4 is 23.1 Å². The van der Waals surface area contributed by atoms with E-state index in [0.29, 0.717) is 5.75 Å². The third-order valence-electron chi connectivity index (χ3n) is 9.00.